The molecule has 0 aromatic rings. The van der Waals surface area contributed by atoms with Crippen LogP contribution in [0.5, 0.6) is 0 Å². The maximum atomic E-state index is 3.42. The molecule has 1 aliphatic rings. The van der Waals surface area contributed by atoms with Crippen molar-refractivity contribution in [3.63, 3.8) is 0 Å². The average Bonchev–Trinajstić information content (AvgIpc) is 2.37. The van der Waals surface area contributed by atoms with Gasteiger partial charge in [0.15, 0.2) is 0 Å². The Morgan fingerprint density at radius 3 is 2.31 bits per heavy atom. The first kappa shape index (κ1) is 15.9. The van der Waals surface area contributed by atoms with E-state index < -0.39 is 0 Å². The molecule has 0 aliphatic carbocycles. The van der Waals surface area contributed by atoms with Gasteiger partial charge >= 0.3 is 0 Å². The summed E-state index contributed by atoms with van der Waals surface area (Å²) in [7, 11) is 2.26. The van der Waals surface area contributed by atoms with Gasteiger partial charge in [-0.1, -0.05) is 27.2 Å². The Morgan fingerprint density at radius 1 is 1.12 bits per heavy atom. The molecule has 0 atom stereocenters. The van der Waals surface area contributed by atoms with E-state index in [9.17, 15) is 0 Å². The van der Waals surface area contributed by atoms with Crippen molar-refractivity contribution in [1.82, 2.24) is 10.2 Å². The third-order valence-corrected chi connectivity index (χ3v) is 3.27. The van der Waals surface area contributed by atoms with Crippen molar-refractivity contribution in [1.29, 1.82) is 0 Å². The van der Waals surface area contributed by atoms with Crippen molar-refractivity contribution in [2.75, 3.05) is 33.2 Å². The number of hydrogen-bond acceptors (Lipinski definition) is 2. The number of nitrogens with one attached hydrogen (secondary N) is 1. The average molecular weight is 228 g/mol. The molecule has 1 heterocycles. The van der Waals surface area contributed by atoms with Crippen LogP contribution in [0, 0.1) is 5.92 Å². The first-order valence-electron chi connectivity index (χ1n) is 7.22. The van der Waals surface area contributed by atoms with Crippen LogP contribution in [0.4, 0.5) is 0 Å². The quantitative estimate of drug-likeness (QED) is 0.751. The maximum absolute atomic E-state index is 3.42. The molecule has 0 radical (unpaired) electrons. The van der Waals surface area contributed by atoms with Gasteiger partial charge in [-0.3, -0.25) is 0 Å². The molecular formula is C14H32N2. The van der Waals surface area contributed by atoms with Gasteiger partial charge in [-0.2, -0.15) is 0 Å². The predicted molar refractivity (Wildman–Crippen MR) is 74.0 cm³/mol. The Hall–Kier alpha value is -0.0800. The summed E-state index contributed by atoms with van der Waals surface area (Å²) in [6.07, 6.45) is 6.85. The van der Waals surface area contributed by atoms with E-state index in [-0.39, 0.29) is 0 Å². The molecular weight excluding hydrogens is 196 g/mol. The van der Waals surface area contributed by atoms with Gasteiger partial charge in [-0.05, 0) is 64.8 Å². The van der Waals surface area contributed by atoms with Crippen LogP contribution < -0.4 is 5.32 Å². The topological polar surface area (TPSA) is 15.3 Å². The minimum absolute atomic E-state index is 0.986. The zero-order valence-electron chi connectivity index (χ0n) is 11.9. The molecule has 0 bridgehead atoms. The van der Waals surface area contributed by atoms with E-state index in [4.69, 9.17) is 0 Å². The fraction of sp³-hybridized carbons (Fsp3) is 1.00. The van der Waals surface area contributed by atoms with Gasteiger partial charge < -0.3 is 10.2 Å². The molecule has 1 rings (SSSR count). The predicted octanol–water partition coefficient (Wildman–Crippen LogP) is 3.13. The molecule has 0 unspecified atom stereocenters. The lowest BCUT2D eigenvalue weighted by atomic mass is 9.94. The molecule has 1 aliphatic heterocycles. The van der Waals surface area contributed by atoms with Gasteiger partial charge in [0.25, 0.3) is 0 Å². The molecule has 0 amide bonds. The lowest BCUT2D eigenvalue weighted by molar-refractivity contribution is 0.268. The van der Waals surface area contributed by atoms with Crippen molar-refractivity contribution in [3.05, 3.63) is 0 Å². The standard InChI is InChI=1S/C12H26N2.C2H6/c1-3-4-10-14(2)11-7-12-5-8-13-9-6-12;1-2/h12-13H,3-11H2,1-2H3;1-2H3. The summed E-state index contributed by atoms with van der Waals surface area (Å²) in [5.74, 6) is 0.986. The Morgan fingerprint density at radius 2 is 1.75 bits per heavy atom. The monoisotopic (exact) mass is 228 g/mol. The van der Waals surface area contributed by atoms with Gasteiger partial charge in [0, 0.05) is 0 Å². The zero-order chi connectivity index (χ0) is 12.2. The van der Waals surface area contributed by atoms with Crippen molar-refractivity contribution in [2.45, 2.75) is 52.9 Å². The number of piperidine rings is 1. The van der Waals surface area contributed by atoms with Crippen molar-refractivity contribution < 1.29 is 0 Å². The second kappa shape index (κ2) is 11.4. The Bertz CT molecular complexity index is 131. The van der Waals surface area contributed by atoms with Crippen LogP contribution in [0.25, 0.3) is 0 Å². The summed E-state index contributed by atoms with van der Waals surface area (Å²) < 4.78 is 0. The van der Waals surface area contributed by atoms with Crippen LogP contribution >= 0.6 is 0 Å². The van der Waals surface area contributed by atoms with Gasteiger partial charge in [0.2, 0.25) is 0 Å². The first-order chi connectivity index (χ1) is 7.83. The van der Waals surface area contributed by atoms with Crippen LogP contribution in [0.1, 0.15) is 52.9 Å². The fourth-order valence-corrected chi connectivity index (χ4v) is 2.11. The highest BCUT2D eigenvalue weighted by Crippen LogP contribution is 2.15. The van der Waals surface area contributed by atoms with Crippen LogP contribution in [-0.2, 0) is 0 Å². The minimum atomic E-state index is 0.986. The highest BCUT2D eigenvalue weighted by molar-refractivity contribution is 4.69. The SMILES string of the molecule is CC.CCCCN(C)CCC1CCNCC1. The molecule has 0 aromatic heterocycles. The lowest BCUT2D eigenvalue weighted by Crippen LogP contribution is -2.30. The molecule has 16 heavy (non-hydrogen) atoms. The van der Waals surface area contributed by atoms with E-state index in [1.807, 2.05) is 13.8 Å². The zero-order valence-corrected chi connectivity index (χ0v) is 11.9. The molecule has 1 saturated heterocycles. The van der Waals surface area contributed by atoms with Gasteiger partial charge in [0.05, 0.1) is 0 Å². The van der Waals surface area contributed by atoms with Crippen molar-refractivity contribution in [3.8, 4) is 0 Å². The van der Waals surface area contributed by atoms with E-state index in [1.54, 1.807) is 0 Å². The molecule has 2 nitrogen and oxygen atoms in total. The molecule has 98 valence electrons. The summed E-state index contributed by atoms with van der Waals surface area (Å²) in [6, 6.07) is 0. The third kappa shape index (κ3) is 8.12. The lowest BCUT2D eigenvalue weighted by Gasteiger charge is -2.25. The highest BCUT2D eigenvalue weighted by Gasteiger charge is 2.12. The van der Waals surface area contributed by atoms with Crippen molar-refractivity contribution >= 4 is 0 Å². The van der Waals surface area contributed by atoms with Crippen LogP contribution in [0.15, 0.2) is 0 Å². The molecule has 1 N–H and O–H groups in total. The van der Waals surface area contributed by atoms with E-state index in [1.165, 1.54) is 58.3 Å². The molecule has 1 fully saturated rings. The summed E-state index contributed by atoms with van der Waals surface area (Å²) in [5.41, 5.74) is 0. The smallest absolute Gasteiger partial charge is 0.00191 e. The minimum Gasteiger partial charge on any atom is -0.317 e. The summed E-state index contributed by atoms with van der Waals surface area (Å²) in [4.78, 5) is 2.49. The van der Waals surface area contributed by atoms with Gasteiger partial charge in [-0.15, -0.1) is 0 Å². The van der Waals surface area contributed by atoms with Crippen molar-refractivity contribution in [2.24, 2.45) is 5.92 Å². The molecule has 2 heteroatoms. The number of unbranched alkanes of at least 4 members (excludes halogenated alkanes) is 1. The van der Waals surface area contributed by atoms with E-state index in [0.717, 1.165) is 5.92 Å². The summed E-state index contributed by atoms with van der Waals surface area (Å²) in [5, 5.41) is 3.42. The molecule has 0 aromatic carbocycles. The highest BCUT2D eigenvalue weighted by atomic mass is 15.1. The maximum Gasteiger partial charge on any atom is -0.00191 e. The van der Waals surface area contributed by atoms with Crippen LogP contribution in [-0.4, -0.2) is 38.1 Å². The van der Waals surface area contributed by atoms with E-state index in [0.29, 0.717) is 0 Å². The summed E-state index contributed by atoms with van der Waals surface area (Å²) >= 11 is 0. The normalized spacial score (nSPS) is 17.1. The van der Waals surface area contributed by atoms with E-state index in [2.05, 4.69) is 24.2 Å². The second-order valence-electron chi connectivity index (χ2n) is 4.64. The van der Waals surface area contributed by atoms with Crippen LogP contribution in [0.3, 0.4) is 0 Å². The number of nitrogens with zero attached hydrogens (tertiary/aromatic N) is 1. The largest absolute Gasteiger partial charge is 0.317 e. The van der Waals surface area contributed by atoms with Crippen LogP contribution in [0.2, 0.25) is 0 Å². The van der Waals surface area contributed by atoms with Gasteiger partial charge in [-0.25, -0.2) is 0 Å². The molecule has 0 spiro atoms. The third-order valence-electron chi connectivity index (χ3n) is 3.27. The Kier molecular flexibility index (Phi) is 11.3. The Labute approximate surface area is 103 Å². The molecule has 0 saturated carbocycles. The number of hydrogen-bond donors (Lipinski definition) is 1. The number of rotatable bonds is 6. The fourth-order valence-electron chi connectivity index (χ4n) is 2.11. The summed E-state index contributed by atoms with van der Waals surface area (Å²) in [6.45, 7) is 11.3. The Balaban J connectivity index is 0.00000106. The first-order valence-corrected chi connectivity index (χ1v) is 7.22. The second-order valence-corrected chi connectivity index (χ2v) is 4.64. The van der Waals surface area contributed by atoms with Gasteiger partial charge in [0.1, 0.15) is 0 Å². The van der Waals surface area contributed by atoms with E-state index >= 15 is 0 Å².